The van der Waals surface area contributed by atoms with Crippen molar-refractivity contribution in [1.29, 1.82) is 0 Å². The summed E-state index contributed by atoms with van der Waals surface area (Å²) in [6.45, 7) is 0. The molecule has 1 aliphatic heterocycles. The zero-order chi connectivity index (χ0) is 11.8. The van der Waals surface area contributed by atoms with Crippen LogP contribution in [-0.2, 0) is 9.59 Å². The second-order valence-corrected chi connectivity index (χ2v) is 4.11. The van der Waals surface area contributed by atoms with Crippen LogP contribution >= 0.6 is 12.4 Å². The van der Waals surface area contributed by atoms with Gasteiger partial charge in [-0.3, -0.25) is 14.9 Å². The van der Waals surface area contributed by atoms with E-state index < -0.39 is 0 Å². The second kappa shape index (κ2) is 4.78. The van der Waals surface area contributed by atoms with E-state index in [9.17, 15) is 9.59 Å². The Morgan fingerprint density at radius 3 is 2.83 bits per heavy atom. The number of nitrogens with zero attached hydrogens (tertiary/aromatic N) is 2. The molecule has 2 aromatic rings. The highest BCUT2D eigenvalue weighted by Crippen LogP contribution is 2.23. The lowest BCUT2D eigenvalue weighted by Crippen LogP contribution is -2.41. The van der Waals surface area contributed by atoms with E-state index in [4.69, 9.17) is 0 Å². The summed E-state index contributed by atoms with van der Waals surface area (Å²) in [5.74, 6) is -0.444. The topological polar surface area (TPSA) is 64.0 Å². The minimum Gasteiger partial charge on any atom is -0.318 e. The lowest BCUT2D eigenvalue weighted by atomic mass is 10.1. The first-order valence-corrected chi connectivity index (χ1v) is 5.51. The van der Waals surface area contributed by atoms with E-state index in [0.29, 0.717) is 12.8 Å². The van der Waals surface area contributed by atoms with Crippen LogP contribution in [0.5, 0.6) is 0 Å². The lowest BCUT2D eigenvalue weighted by Gasteiger charge is -2.22. The Labute approximate surface area is 110 Å². The first kappa shape index (κ1) is 12.6. The molecule has 0 radical (unpaired) electrons. The molecule has 1 aromatic carbocycles. The average molecular weight is 266 g/mol. The van der Waals surface area contributed by atoms with Crippen molar-refractivity contribution in [2.24, 2.45) is 0 Å². The van der Waals surface area contributed by atoms with Crippen LogP contribution in [0.2, 0.25) is 0 Å². The number of hydrogen-bond donors (Lipinski definition) is 1. The molecule has 1 atom stereocenters. The monoisotopic (exact) mass is 265 g/mol. The summed E-state index contributed by atoms with van der Waals surface area (Å²) in [5, 5.41) is 2.36. The summed E-state index contributed by atoms with van der Waals surface area (Å²) >= 11 is 0. The highest BCUT2D eigenvalue weighted by Gasteiger charge is 2.28. The van der Waals surface area contributed by atoms with Gasteiger partial charge >= 0.3 is 0 Å². The van der Waals surface area contributed by atoms with Crippen molar-refractivity contribution in [3.05, 3.63) is 30.6 Å². The number of para-hydroxylation sites is 2. The number of hydrogen-bond acceptors (Lipinski definition) is 3. The van der Waals surface area contributed by atoms with Gasteiger partial charge in [-0.2, -0.15) is 0 Å². The molecule has 1 N–H and O–H groups in total. The molecule has 2 heterocycles. The summed E-state index contributed by atoms with van der Waals surface area (Å²) in [7, 11) is 0. The van der Waals surface area contributed by atoms with Crippen LogP contribution in [0.3, 0.4) is 0 Å². The number of carbonyl (C=O) groups is 2. The van der Waals surface area contributed by atoms with Crippen LogP contribution < -0.4 is 5.32 Å². The third kappa shape index (κ3) is 1.97. The summed E-state index contributed by atoms with van der Waals surface area (Å²) in [4.78, 5) is 27.1. The normalized spacial score (nSPS) is 19.4. The number of halogens is 1. The number of imidazole rings is 1. The fraction of sp³-hybridized carbons (Fsp3) is 0.250. The van der Waals surface area contributed by atoms with Gasteiger partial charge in [-0.1, -0.05) is 12.1 Å². The summed E-state index contributed by atoms with van der Waals surface area (Å²) in [5.41, 5.74) is 1.78. The summed E-state index contributed by atoms with van der Waals surface area (Å²) in [6, 6.07) is 7.31. The van der Waals surface area contributed by atoms with Crippen LogP contribution in [0.1, 0.15) is 18.9 Å². The number of nitrogens with one attached hydrogen (secondary N) is 1. The minimum atomic E-state index is -0.333. The summed E-state index contributed by atoms with van der Waals surface area (Å²) < 4.78 is 1.83. The van der Waals surface area contributed by atoms with E-state index in [1.54, 1.807) is 6.33 Å². The van der Waals surface area contributed by atoms with Crippen LogP contribution in [-0.4, -0.2) is 21.4 Å². The molecule has 0 bridgehead atoms. The standard InChI is InChI=1S/C12H11N3O2.ClH/c16-11-6-5-10(12(17)14-11)15-7-13-8-3-1-2-4-9(8)15;/h1-4,7,10H,5-6H2,(H,14,16,17);1H. The first-order valence-electron chi connectivity index (χ1n) is 5.51. The number of amides is 2. The number of imide groups is 1. The number of aromatic nitrogens is 2. The number of benzene rings is 1. The van der Waals surface area contributed by atoms with E-state index in [-0.39, 0.29) is 30.3 Å². The van der Waals surface area contributed by atoms with Crippen molar-refractivity contribution < 1.29 is 9.59 Å². The van der Waals surface area contributed by atoms with Gasteiger partial charge in [0.05, 0.1) is 17.4 Å². The van der Waals surface area contributed by atoms with Crippen LogP contribution in [0.25, 0.3) is 11.0 Å². The van der Waals surface area contributed by atoms with Gasteiger partial charge in [-0.15, -0.1) is 12.4 Å². The largest absolute Gasteiger partial charge is 0.318 e. The van der Waals surface area contributed by atoms with Crippen molar-refractivity contribution >= 4 is 35.3 Å². The molecule has 1 aromatic heterocycles. The average Bonchev–Trinajstić information content (AvgIpc) is 2.73. The van der Waals surface area contributed by atoms with Crippen LogP contribution in [0, 0.1) is 0 Å². The molecule has 1 saturated heterocycles. The van der Waals surface area contributed by atoms with Crippen LogP contribution in [0.4, 0.5) is 0 Å². The Bertz CT molecular complexity index is 608. The molecule has 94 valence electrons. The zero-order valence-corrected chi connectivity index (χ0v) is 10.3. The molecule has 0 saturated carbocycles. The third-order valence-corrected chi connectivity index (χ3v) is 3.03. The Kier molecular flexibility index (Phi) is 3.34. The highest BCUT2D eigenvalue weighted by molar-refractivity contribution is 6.00. The van der Waals surface area contributed by atoms with E-state index in [0.717, 1.165) is 11.0 Å². The number of fused-ring (bicyclic) bond motifs is 1. The maximum Gasteiger partial charge on any atom is 0.249 e. The van der Waals surface area contributed by atoms with Gasteiger partial charge in [0.1, 0.15) is 6.04 Å². The fourth-order valence-corrected chi connectivity index (χ4v) is 2.17. The van der Waals surface area contributed by atoms with E-state index in [1.165, 1.54) is 0 Å². The Morgan fingerprint density at radius 2 is 2.06 bits per heavy atom. The first-order chi connectivity index (χ1) is 8.25. The van der Waals surface area contributed by atoms with Crippen molar-refractivity contribution in [2.45, 2.75) is 18.9 Å². The van der Waals surface area contributed by atoms with E-state index in [2.05, 4.69) is 10.3 Å². The predicted molar refractivity (Wildman–Crippen MR) is 68.4 cm³/mol. The molecule has 6 heteroatoms. The molecule has 18 heavy (non-hydrogen) atoms. The minimum absolute atomic E-state index is 0. The fourth-order valence-electron chi connectivity index (χ4n) is 2.17. The molecular formula is C12H12ClN3O2. The van der Waals surface area contributed by atoms with Crippen molar-refractivity contribution in [3.8, 4) is 0 Å². The van der Waals surface area contributed by atoms with Gasteiger partial charge < -0.3 is 4.57 Å². The molecule has 1 unspecified atom stereocenters. The van der Waals surface area contributed by atoms with Gasteiger partial charge in [0, 0.05) is 6.42 Å². The summed E-state index contributed by atoms with van der Waals surface area (Å²) in [6.07, 6.45) is 2.57. The maximum atomic E-state index is 11.8. The van der Waals surface area contributed by atoms with Crippen molar-refractivity contribution in [2.75, 3.05) is 0 Å². The van der Waals surface area contributed by atoms with Gasteiger partial charge in [0.25, 0.3) is 0 Å². The number of carbonyl (C=O) groups excluding carboxylic acids is 2. The van der Waals surface area contributed by atoms with Gasteiger partial charge in [0.2, 0.25) is 11.8 Å². The van der Waals surface area contributed by atoms with E-state index in [1.807, 2.05) is 28.8 Å². The predicted octanol–water partition coefficient (Wildman–Crippen LogP) is 1.44. The number of piperidine rings is 1. The quantitative estimate of drug-likeness (QED) is 0.794. The van der Waals surface area contributed by atoms with E-state index >= 15 is 0 Å². The van der Waals surface area contributed by atoms with Gasteiger partial charge in [0.15, 0.2) is 0 Å². The molecule has 1 aliphatic rings. The third-order valence-electron chi connectivity index (χ3n) is 3.03. The molecule has 1 fully saturated rings. The highest BCUT2D eigenvalue weighted by atomic mass is 35.5. The Morgan fingerprint density at radius 1 is 1.28 bits per heavy atom. The Balaban J connectivity index is 0.00000120. The molecule has 0 aliphatic carbocycles. The SMILES string of the molecule is Cl.O=C1CCC(n2cnc3ccccc32)C(=O)N1. The molecule has 5 nitrogen and oxygen atoms in total. The molecule has 2 amide bonds. The zero-order valence-electron chi connectivity index (χ0n) is 9.50. The Hall–Kier alpha value is -1.88. The van der Waals surface area contributed by atoms with Gasteiger partial charge in [-0.25, -0.2) is 4.98 Å². The lowest BCUT2D eigenvalue weighted by molar-refractivity contribution is -0.135. The molecule has 0 spiro atoms. The maximum absolute atomic E-state index is 11.8. The molecular weight excluding hydrogens is 254 g/mol. The smallest absolute Gasteiger partial charge is 0.249 e. The second-order valence-electron chi connectivity index (χ2n) is 4.11. The van der Waals surface area contributed by atoms with Crippen molar-refractivity contribution in [3.63, 3.8) is 0 Å². The molecule has 3 rings (SSSR count). The van der Waals surface area contributed by atoms with Gasteiger partial charge in [-0.05, 0) is 18.6 Å². The van der Waals surface area contributed by atoms with Crippen LogP contribution in [0.15, 0.2) is 30.6 Å². The van der Waals surface area contributed by atoms with Crippen molar-refractivity contribution in [1.82, 2.24) is 14.9 Å². The number of rotatable bonds is 1.